The molecule has 4 heterocycles. The van der Waals surface area contributed by atoms with Crippen molar-refractivity contribution in [3.8, 4) is 0 Å². The monoisotopic (exact) mass is 544 g/mol. The zero-order chi connectivity index (χ0) is 27.6. The second-order valence-corrected chi connectivity index (χ2v) is 9.91. The fourth-order valence-corrected chi connectivity index (χ4v) is 5.17. The Labute approximate surface area is 229 Å². The Bertz CT molecular complexity index is 1670. The molecular weight excluding hydrogens is 515 g/mol. The second-order valence-electron chi connectivity index (χ2n) is 9.91. The first kappa shape index (κ1) is 25.7. The van der Waals surface area contributed by atoms with Crippen LogP contribution in [0.5, 0.6) is 0 Å². The average Bonchev–Trinajstić information content (AvgIpc) is 3.55. The number of H-pyrrole nitrogens is 1. The number of aromatic amines is 1. The number of anilines is 3. The van der Waals surface area contributed by atoms with Gasteiger partial charge in [-0.3, -0.25) is 10.4 Å². The molecule has 1 aliphatic heterocycles. The van der Waals surface area contributed by atoms with Crippen LogP contribution in [0.1, 0.15) is 24.0 Å². The van der Waals surface area contributed by atoms with Crippen molar-refractivity contribution >= 4 is 39.7 Å². The lowest BCUT2D eigenvalue weighted by molar-refractivity contribution is 0.0680. The fraction of sp³-hybridized carbons (Fsp3) is 0.286. The Morgan fingerprint density at radius 2 is 2.20 bits per heavy atom. The number of hydrogen-bond acceptors (Lipinski definition) is 8. The summed E-state index contributed by atoms with van der Waals surface area (Å²) >= 11 is 0. The van der Waals surface area contributed by atoms with Crippen LogP contribution >= 0.6 is 0 Å². The molecule has 1 fully saturated rings. The number of piperidine rings is 1. The zero-order valence-electron chi connectivity index (χ0n) is 21.8. The molecule has 2 atom stereocenters. The predicted octanol–water partition coefficient (Wildman–Crippen LogP) is 4.05. The lowest BCUT2D eigenvalue weighted by atomic mass is 10.0. The van der Waals surface area contributed by atoms with Crippen molar-refractivity contribution in [3.05, 3.63) is 78.1 Å². The van der Waals surface area contributed by atoms with E-state index in [2.05, 4.69) is 30.9 Å². The summed E-state index contributed by atoms with van der Waals surface area (Å²) in [6, 6.07) is 12.2. The van der Waals surface area contributed by atoms with E-state index >= 15 is 0 Å². The summed E-state index contributed by atoms with van der Waals surface area (Å²) in [5.74, 6) is 0.267. The van der Waals surface area contributed by atoms with Crippen LogP contribution in [-0.2, 0) is 11.3 Å². The van der Waals surface area contributed by atoms with Crippen molar-refractivity contribution in [3.63, 3.8) is 0 Å². The van der Waals surface area contributed by atoms with Gasteiger partial charge in [0.15, 0.2) is 5.82 Å². The fourth-order valence-electron chi connectivity index (χ4n) is 5.17. The molecule has 0 unspecified atom stereocenters. The van der Waals surface area contributed by atoms with E-state index < -0.39 is 6.09 Å². The summed E-state index contributed by atoms with van der Waals surface area (Å²) in [4.78, 5) is 19.4. The molecule has 0 bridgehead atoms. The lowest BCUT2D eigenvalue weighted by Gasteiger charge is -2.28. The third kappa shape index (κ3) is 5.18. The zero-order valence-corrected chi connectivity index (χ0v) is 21.8. The number of aryl methyl sites for hydroxylation is 1. The summed E-state index contributed by atoms with van der Waals surface area (Å²) < 4.78 is 21.4. The highest BCUT2D eigenvalue weighted by Gasteiger charge is 2.25. The number of amides is 1. The largest absolute Gasteiger partial charge is 0.446 e. The van der Waals surface area contributed by atoms with Gasteiger partial charge in [-0.15, -0.1) is 0 Å². The maximum absolute atomic E-state index is 14.1. The number of hydrogen-bond donors (Lipinski definition) is 4. The van der Waals surface area contributed by atoms with Gasteiger partial charge in [0.25, 0.3) is 0 Å². The summed E-state index contributed by atoms with van der Waals surface area (Å²) in [6.45, 7) is 2.88. The number of benzene rings is 2. The summed E-state index contributed by atoms with van der Waals surface area (Å²) in [6.07, 6.45) is 5.28. The molecule has 0 radical (unpaired) electrons. The van der Waals surface area contributed by atoms with Gasteiger partial charge in [-0.25, -0.2) is 18.7 Å². The van der Waals surface area contributed by atoms with E-state index in [1.165, 1.54) is 18.5 Å². The van der Waals surface area contributed by atoms with Gasteiger partial charge in [-0.2, -0.15) is 10.2 Å². The quantitative estimate of drug-likeness (QED) is 0.241. The van der Waals surface area contributed by atoms with Crippen molar-refractivity contribution in [1.29, 1.82) is 0 Å². The molecule has 4 N–H and O–H groups in total. The normalized spacial score (nSPS) is 17.3. The number of aliphatic hydroxyl groups excluding tert-OH is 1. The minimum atomic E-state index is -0.570. The van der Waals surface area contributed by atoms with E-state index in [0.29, 0.717) is 43.0 Å². The highest BCUT2D eigenvalue weighted by molar-refractivity contribution is 5.91. The number of rotatable bonds is 7. The van der Waals surface area contributed by atoms with Crippen molar-refractivity contribution in [1.82, 2.24) is 30.1 Å². The number of fused-ring (bicyclic) bond motifs is 2. The summed E-state index contributed by atoms with van der Waals surface area (Å²) in [5.41, 5.74) is 4.46. The molecule has 11 nitrogen and oxygen atoms in total. The third-order valence-corrected chi connectivity index (χ3v) is 7.21. The molecule has 3 aromatic heterocycles. The molecule has 206 valence electrons. The molecule has 40 heavy (non-hydrogen) atoms. The standard InChI is InChI=1S/C28H29FN8O3/c1-17-25(34-28(39)40-23-7-8-30-21(11-23)15-38)14-37-26(17)27(31-16-33-37)36(13-18-3-2-4-20(29)9-18)22-5-6-24-19(10-22)12-32-35-24/h2-6,9-10,12,14,16,21,23,30,38H,7-8,11,13,15H2,1H3,(H,32,35)(H,34,39)/t21-,23-/m0/s1. The molecule has 6 rings (SSSR count). The second kappa shape index (κ2) is 10.9. The van der Waals surface area contributed by atoms with Crippen LogP contribution < -0.4 is 15.5 Å². The number of nitrogens with zero attached hydrogens (tertiary/aromatic N) is 5. The third-order valence-electron chi connectivity index (χ3n) is 7.21. The maximum atomic E-state index is 14.1. The first-order valence-electron chi connectivity index (χ1n) is 13.1. The van der Waals surface area contributed by atoms with Gasteiger partial charge in [0.1, 0.15) is 23.8 Å². The Balaban J connectivity index is 1.34. The molecule has 0 spiro atoms. The first-order chi connectivity index (χ1) is 19.5. The molecule has 1 saturated heterocycles. The van der Waals surface area contributed by atoms with Gasteiger partial charge in [-0.05, 0) is 55.8 Å². The van der Waals surface area contributed by atoms with Crippen molar-refractivity contribution < 1.29 is 19.0 Å². The topological polar surface area (TPSA) is 133 Å². The van der Waals surface area contributed by atoms with Crippen molar-refractivity contribution in [2.75, 3.05) is 23.4 Å². The van der Waals surface area contributed by atoms with Gasteiger partial charge in [0, 0.05) is 35.6 Å². The molecule has 2 aromatic carbocycles. The molecule has 12 heteroatoms. The summed E-state index contributed by atoms with van der Waals surface area (Å²) in [5, 5.41) is 27.9. The Morgan fingerprint density at radius 3 is 3.05 bits per heavy atom. The number of ether oxygens (including phenoxy) is 1. The molecule has 0 aliphatic carbocycles. The highest BCUT2D eigenvalue weighted by atomic mass is 19.1. The van der Waals surface area contributed by atoms with Gasteiger partial charge in [0.05, 0.1) is 30.2 Å². The molecule has 5 aromatic rings. The molecular formula is C28H29FN8O3. The summed E-state index contributed by atoms with van der Waals surface area (Å²) in [7, 11) is 0. The maximum Gasteiger partial charge on any atom is 0.411 e. The van der Waals surface area contributed by atoms with E-state index in [1.54, 1.807) is 23.0 Å². The Morgan fingerprint density at radius 1 is 1.30 bits per heavy atom. The number of nitrogens with one attached hydrogen (secondary N) is 3. The Kier molecular flexibility index (Phi) is 7.01. The molecule has 0 saturated carbocycles. The van der Waals surface area contributed by atoms with E-state index in [4.69, 9.17) is 4.74 Å². The van der Waals surface area contributed by atoms with Crippen LogP contribution in [0.15, 0.2) is 61.2 Å². The van der Waals surface area contributed by atoms with Crippen molar-refractivity contribution in [2.45, 2.75) is 38.5 Å². The van der Waals surface area contributed by atoms with E-state index in [1.807, 2.05) is 36.1 Å². The smallest absolute Gasteiger partial charge is 0.411 e. The SMILES string of the molecule is Cc1c(NC(=O)O[C@H]2CCN[C@H](CO)C2)cn2ncnc(N(Cc3cccc(F)c3)c3ccc4[nH]ncc4c3)c12. The number of halogens is 1. The number of carbonyl (C=O) groups is 1. The van der Waals surface area contributed by atoms with Crippen LogP contribution in [-0.4, -0.2) is 61.3 Å². The van der Waals surface area contributed by atoms with Gasteiger partial charge >= 0.3 is 6.09 Å². The number of carbonyl (C=O) groups excluding carboxylic acids is 1. The van der Waals surface area contributed by atoms with E-state index in [9.17, 15) is 14.3 Å². The molecule has 1 amide bonds. The van der Waals surface area contributed by atoms with Crippen LogP contribution in [0.4, 0.5) is 26.4 Å². The highest BCUT2D eigenvalue weighted by Crippen LogP contribution is 2.35. The minimum absolute atomic E-state index is 0.00737. The van der Waals surface area contributed by atoms with Crippen molar-refractivity contribution in [2.24, 2.45) is 0 Å². The minimum Gasteiger partial charge on any atom is -0.446 e. The number of aliphatic hydroxyl groups is 1. The van der Waals surface area contributed by atoms with Crippen LogP contribution in [0.25, 0.3) is 16.4 Å². The first-order valence-corrected chi connectivity index (χ1v) is 13.1. The predicted molar refractivity (Wildman–Crippen MR) is 148 cm³/mol. The van der Waals surface area contributed by atoms with Gasteiger partial charge in [-0.1, -0.05) is 12.1 Å². The van der Waals surface area contributed by atoms with Crippen LogP contribution in [0.3, 0.4) is 0 Å². The lowest BCUT2D eigenvalue weighted by Crippen LogP contribution is -2.44. The van der Waals surface area contributed by atoms with E-state index in [0.717, 1.165) is 27.7 Å². The number of aromatic nitrogens is 5. The van der Waals surface area contributed by atoms with E-state index in [-0.39, 0.29) is 24.6 Å². The van der Waals surface area contributed by atoms with Crippen LogP contribution in [0, 0.1) is 12.7 Å². The van der Waals surface area contributed by atoms with Gasteiger partial charge < -0.3 is 20.1 Å². The molecule has 1 aliphatic rings. The van der Waals surface area contributed by atoms with Crippen LogP contribution in [0.2, 0.25) is 0 Å². The average molecular weight is 545 g/mol. The Hall–Kier alpha value is -4.55. The van der Waals surface area contributed by atoms with Gasteiger partial charge in [0.2, 0.25) is 0 Å².